The average Bonchev–Trinajstić information content (AvgIpc) is 2.89. The van der Waals surface area contributed by atoms with Crippen LogP contribution in [0, 0.1) is 23.7 Å². The summed E-state index contributed by atoms with van der Waals surface area (Å²) in [7, 11) is 1.61. The predicted octanol–water partition coefficient (Wildman–Crippen LogP) is 3.03. The number of carbonyl (C=O) groups is 1. The van der Waals surface area contributed by atoms with Crippen LogP contribution >= 0.6 is 0 Å². The lowest BCUT2D eigenvalue weighted by Crippen LogP contribution is -2.32. The lowest BCUT2D eigenvalue weighted by atomic mass is 9.87. The van der Waals surface area contributed by atoms with Gasteiger partial charge in [0.05, 0.1) is 13.2 Å². The number of aryl methyl sites for hydroxylation is 1. The van der Waals surface area contributed by atoms with Gasteiger partial charge in [0.15, 0.2) is 0 Å². The Kier molecular flexibility index (Phi) is 3.75. The fraction of sp³-hybridized carbons (Fsp3) is 0.467. The highest BCUT2D eigenvalue weighted by Crippen LogP contribution is 2.38. The molecule has 1 aromatic carbocycles. The van der Waals surface area contributed by atoms with Crippen LogP contribution in [-0.4, -0.2) is 13.0 Å². The van der Waals surface area contributed by atoms with E-state index in [9.17, 15) is 10.1 Å². The van der Waals surface area contributed by atoms with Crippen molar-refractivity contribution in [3.8, 4) is 11.8 Å². The summed E-state index contributed by atoms with van der Waals surface area (Å²) in [5.41, 5.74) is 0.830. The molecular weight excluding hydrogens is 240 g/mol. The second kappa shape index (κ2) is 5.31. The molecule has 4 heteroatoms. The van der Waals surface area contributed by atoms with Crippen molar-refractivity contribution in [1.82, 2.24) is 0 Å². The Labute approximate surface area is 113 Å². The summed E-state index contributed by atoms with van der Waals surface area (Å²) in [6.45, 7) is 1.92. The van der Waals surface area contributed by atoms with Gasteiger partial charge in [-0.2, -0.15) is 5.26 Å². The molecular formula is C15H18N2O2. The van der Waals surface area contributed by atoms with Gasteiger partial charge < -0.3 is 10.1 Å². The van der Waals surface area contributed by atoms with Crippen molar-refractivity contribution >= 4 is 11.6 Å². The minimum atomic E-state index is -0.839. The Hall–Kier alpha value is -2.02. The van der Waals surface area contributed by atoms with E-state index in [2.05, 4.69) is 11.4 Å². The van der Waals surface area contributed by atoms with Crippen LogP contribution in [0.25, 0.3) is 0 Å². The number of carbonyl (C=O) groups excluding carboxylic acids is 1. The lowest BCUT2D eigenvalue weighted by Gasteiger charge is -2.19. The minimum absolute atomic E-state index is 0.183. The van der Waals surface area contributed by atoms with Crippen LogP contribution in [0.1, 0.15) is 31.2 Å². The third-order valence-electron chi connectivity index (χ3n) is 3.76. The van der Waals surface area contributed by atoms with E-state index >= 15 is 0 Å². The number of anilines is 1. The molecule has 0 radical (unpaired) electrons. The molecule has 0 aliphatic heterocycles. The SMILES string of the molecule is COc1ccc(NC(=O)C2(C#N)CCCC2)cc1C. The second-order valence-electron chi connectivity index (χ2n) is 5.04. The van der Waals surface area contributed by atoms with Gasteiger partial charge in [-0.1, -0.05) is 12.8 Å². The number of amides is 1. The number of nitrogens with zero attached hydrogens (tertiary/aromatic N) is 1. The maximum absolute atomic E-state index is 12.3. The van der Waals surface area contributed by atoms with E-state index in [-0.39, 0.29) is 5.91 Å². The average molecular weight is 258 g/mol. The molecule has 0 bridgehead atoms. The van der Waals surface area contributed by atoms with E-state index in [0.717, 1.165) is 24.2 Å². The Bertz CT molecular complexity index is 525. The molecule has 1 aromatic rings. The summed E-state index contributed by atoms with van der Waals surface area (Å²) in [5, 5.41) is 12.1. The van der Waals surface area contributed by atoms with Gasteiger partial charge in [-0.05, 0) is 43.5 Å². The number of nitriles is 1. The summed E-state index contributed by atoms with van der Waals surface area (Å²) in [4.78, 5) is 12.3. The fourth-order valence-corrected chi connectivity index (χ4v) is 2.58. The quantitative estimate of drug-likeness (QED) is 0.906. The summed E-state index contributed by atoms with van der Waals surface area (Å²) in [5.74, 6) is 0.603. The Morgan fingerprint density at radius 2 is 2.11 bits per heavy atom. The third-order valence-corrected chi connectivity index (χ3v) is 3.76. The van der Waals surface area contributed by atoms with Crippen molar-refractivity contribution in [3.63, 3.8) is 0 Å². The van der Waals surface area contributed by atoms with Crippen LogP contribution in [0.15, 0.2) is 18.2 Å². The van der Waals surface area contributed by atoms with Crippen molar-refractivity contribution < 1.29 is 9.53 Å². The van der Waals surface area contributed by atoms with E-state index in [1.54, 1.807) is 13.2 Å². The normalized spacial score (nSPS) is 16.7. The number of rotatable bonds is 3. The fourth-order valence-electron chi connectivity index (χ4n) is 2.58. The van der Waals surface area contributed by atoms with Crippen molar-refractivity contribution in [3.05, 3.63) is 23.8 Å². The molecule has 0 atom stereocenters. The number of hydrogen-bond acceptors (Lipinski definition) is 3. The van der Waals surface area contributed by atoms with Crippen LogP contribution in [0.5, 0.6) is 5.75 Å². The summed E-state index contributed by atoms with van der Waals surface area (Å²) < 4.78 is 5.18. The van der Waals surface area contributed by atoms with Crippen molar-refractivity contribution in [1.29, 1.82) is 5.26 Å². The molecule has 0 aromatic heterocycles. The molecule has 1 N–H and O–H groups in total. The van der Waals surface area contributed by atoms with Crippen LogP contribution in [0.3, 0.4) is 0 Å². The van der Waals surface area contributed by atoms with E-state index < -0.39 is 5.41 Å². The highest BCUT2D eigenvalue weighted by atomic mass is 16.5. The highest BCUT2D eigenvalue weighted by Gasteiger charge is 2.41. The van der Waals surface area contributed by atoms with E-state index in [4.69, 9.17) is 4.74 Å². The molecule has 1 aliphatic rings. The number of ether oxygens (including phenoxy) is 1. The standard InChI is InChI=1S/C15H18N2O2/c1-11-9-12(5-6-13(11)19-2)17-14(18)15(10-16)7-3-4-8-15/h5-6,9H,3-4,7-8H2,1-2H3,(H,17,18). The summed E-state index contributed by atoms with van der Waals surface area (Å²) in [6.07, 6.45) is 3.21. The molecule has 1 fully saturated rings. The zero-order valence-corrected chi connectivity index (χ0v) is 11.3. The second-order valence-corrected chi connectivity index (χ2v) is 5.04. The number of hydrogen-bond donors (Lipinski definition) is 1. The van der Waals surface area contributed by atoms with Gasteiger partial charge in [-0.15, -0.1) is 0 Å². The first-order valence-electron chi connectivity index (χ1n) is 6.49. The van der Waals surface area contributed by atoms with Crippen molar-refractivity contribution in [2.24, 2.45) is 5.41 Å². The van der Waals surface area contributed by atoms with Gasteiger partial charge >= 0.3 is 0 Å². The first-order chi connectivity index (χ1) is 9.11. The molecule has 2 rings (SSSR count). The van der Waals surface area contributed by atoms with Gasteiger partial charge in [-0.3, -0.25) is 4.79 Å². The summed E-state index contributed by atoms with van der Waals surface area (Å²) in [6, 6.07) is 7.67. The van der Waals surface area contributed by atoms with E-state index in [1.807, 2.05) is 19.1 Å². The molecule has 19 heavy (non-hydrogen) atoms. The van der Waals surface area contributed by atoms with Gasteiger partial charge in [0.1, 0.15) is 11.2 Å². The van der Waals surface area contributed by atoms with Gasteiger partial charge in [-0.25, -0.2) is 0 Å². The van der Waals surface area contributed by atoms with E-state index in [0.29, 0.717) is 18.5 Å². The molecule has 1 amide bonds. The van der Waals surface area contributed by atoms with Gasteiger partial charge in [0.2, 0.25) is 5.91 Å². The Morgan fingerprint density at radius 1 is 1.42 bits per heavy atom. The van der Waals surface area contributed by atoms with Crippen LogP contribution < -0.4 is 10.1 Å². The smallest absolute Gasteiger partial charge is 0.244 e. The van der Waals surface area contributed by atoms with Crippen LogP contribution in [0.2, 0.25) is 0 Å². The monoisotopic (exact) mass is 258 g/mol. The summed E-state index contributed by atoms with van der Waals surface area (Å²) >= 11 is 0. The third kappa shape index (κ3) is 2.55. The number of nitrogens with one attached hydrogen (secondary N) is 1. The lowest BCUT2D eigenvalue weighted by molar-refractivity contribution is -0.122. The number of benzene rings is 1. The Morgan fingerprint density at radius 3 is 2.63 bits per heavy atom. The minimum Gasteiger partial charge on any atom is -0.496 e. The topological polar surface area (TPSA) is 62.1 Å². The van der Waals surface area contributed by atoms with E-state index in [1.165, 1.54) is 0 Å². The maximum Gasteiger partial charge on any atom is 0.244 e. The zero-order valence-electron chi connectivity index (χ0n) is 11.3. The maximum atomic E-state index is 12.3. The molecule has 0 spiro atoms. The largest absolute Gasteiger partial charge is 0.496 e. The van der Waals surface area contributed by atoms with Gasteiger partial charge in [0.25, 0.3) is 0 Å². The van der Waals surface area contributed by atoms with Crippen molar-refractivity contribution in [2.75, 3.05) is 12.4 Å². The molecule has 1 aliphatic carbocycles. The molecule has 4 nitrogen and oxygen atoms in total. The first kappa shape index (κ1) is 13.4. The van der Waals surface area contributed by atoms with Gasteiger partial charge in [0, 0.05) is 5.69 Å². The molecule has 0 heterocycles. The highest BCUT2D eigenvalue weighted by molar-refractivity contribution is 5.97. The molecule has 1 saturated carbocycles. The van der Waals surface area contributed by atoms with Crippen molar-refractivity contribution in [2.45, 2.75) is 32.6 Å². The number of methoxy groups -OCH3 is 1. The molecule has 100 valence electrons. The first-order valence-corrected chi connectivity index (χ1v) is 6.49. The zero-order chi connectivity index (χ0) is 13.9. The van der Waals surface area contributed by atoms with Crippen LogP contribution in [0.4, 0.5) is 5.69 Å². The van der Waals surface area contributed by atoms with Crippen LogP contribution in [-0.2, 0) is 4.79 Å². The molecule has 0 unspecified atom stereocenters. The molecule has 0 saturated heterocycles. The predicted molar refractivity (Wildman–Crippen MR) is 72.9 cm³/mol. The Balaban J connectivity index is 2.15.